The quantitative estimate of drug-likeness (QED) is 0.935. The standard InChI is InChI=1S/C17H18N4O2/c1-11-5-7-19-17(13(11)9-18)21-14-6-8-23-16(14)12-3-4-15(22-2)20-10-12/h3-5,7,10,14,16H,6,8H2,1-2H3,(H,19,21)/t14-,16+/m0/s1. The van der Waals surface area contributed by atoms with Gasteiger partial charge in [-0.1, -0.05) is 0 Å². The molecule has 1 saturated heterocycles. The van der Waals surface area contributed by atoms with E-state index in [0.29, 0.717) is 23.9 Å². The van der Waals surface area contributed by atoms with Crippen LogP contribution in [0.2, 0.25) is 0 Å². The van der Waals surface area contributed by atoms with Gasteiger partial charge in [-0.2, -0.15) is 5.26 Å². The molecule has 3 heterocycles. The summed E-state index contributed by atoms with van der Waals surface area (Å²) in [5.41, 5.74) is 2.46. The van der Waals surface area contributed by atoms with E-state index < -0.39 is 0 Å². The number of aromatic nitrogens is 2. The van der Waals surface area contributed by atoms with E-state index in [0.717, 1.165) is 17.5 Å². The predicted octanol–water partition coefficient (Wildman–Crippen LogP) is 2.61. The minimum absolute atomic E-state index is 0.0478. The number of nitrogens with one attached hydrogen (secondary N) is 1. The number of hydrogen-bond acceptors (Lipinski definition) is 6. The Labute approximate surface area is 135 Å². The second kappa shape index (κ2) is 6.63. The first-order valence-electron chi connectivity index (χ1n) is 7.46. The largest absolute Gasteiger partial charge is 0.481 e. The van der Waals surface area contributed by atoms with Crippen molar-refractivity contribution in [3.63, 3.8) is 0 Å². The lowest BCUT2D eigenvalue weighted by Gasteiger charge is -2.21. The summed E-state index contributed by atoms with van der Waals surface area (Å²) < 4.78 is 10.9. The van der Waals surface area contributed by atoms with Gasteiger partial charge in [0.15, 0.2) is 0 Å². The molecule has 6 heteroatoms. The van der Waals surface area contributed by atoms with Crippen LogP contribution in [0, 0.1) is 18.3 Å². The molecule has 3 rings (SSSR count). The highest BCUT2D eigenvalue weighted by Crippen LogP contribution is 2.32. The van der Waals surface area contributed by atoms with Crippen molar-refractivity contribution in [3.05, 3.63) is 47.3 Å². The molecule has 2 atom stereocenters. The van der Waals surface area contributed by atoms with Gasteiger partial charge in [-0.3, -0.25) is 0 Å². The van der Waals surface area contributed by atoms with Crippen LogP contribution < -0.4 is 10.1 Å². The normalized spacial score (nSPS) is 20.0. The van der Waals surface area contributed by atoms with Crippen molar-refractivity contribution in [1.82, 2.24) is 9.97 Å². The molecule has 0 spiro atoms. The Hall–Kier alpha value is -2.65. The molecule has 0 aromatic carbocycles. The van der Waals surface area contributed by atoms with Crippen molar-refractivity contribution >= 4 is 5.82 Å². The summed E-state index contributed by atoms with van der Waals surface area (Å²) >= 11 is 0. The molecule has 0 bridgehead atoms. The second-order valence-corrected chi connectivity index (χ2v) is 5.43. The fourth-order valence-corrected chi connectivity index (χ4v) is 2.73. The molecule has 0 aliphatic carbocycles. The Morgan fingerprint density at radius 3 is 2.91 bits per heavy atom. The van der Waals surface area contributed by atoms with Gasteiger partial charge in [-0.15, -0.1) is 0 Å². The molecule has 1 aliphatic heterocycles. The molecule has 23 heavy (non-hydrogen) atoms. The maximum absolute atomic E-state index is 9.33. The third-order valence-corrected chi connectivity index (χ3v) is 3.98. The number of methoxy groups -OCH3 is 1. The van der Waals surface area contributed by atoms with Gasteiger partial charge in [-0.25, -0.2) is 9.97 Å². The van der Waals surface area contributed by atoms with E-state index in [4.69, 9.17) is 9.47 Å². The van der Waals surface area contributed by atoms with Crippen molar-refractivity contribution in [2.24, 2.45) is 0 Å². The molecule has 0 amide bonds. The fourth-order valence-electron chi connectivity index (χ4n) is 2.73. The van der Waals surface area contributed by atoms with E-state index >= 15 is 0 Å². The lowest BCUT2D eigenvalue weighted by Crippen LogP contribution is -2.24. The summed E-state index contributed by atoms with van der Waals surface area (Å²) in [6.45, 7) is 2.56. The van der Waals surface area contributed by atoms with E-state index in [9.17, 15) is 5.26 Å². The van der Waals surface area contributed by atoms with Crippen molar-refractivity contribution in [3.8, 4) is 11.9 Å². The van der Waals surface area contributed by atoms with Gasteiger partial charge in [0.05, 0.1) is 18.7 Å². The Balaban J connectivity index is 1.82. The summed E-state index contributed by atoms with van der Waals surface area (Å²) in [5.74, 6) is 1.18. The van der Waals surface area contributed by atoms with E-state index in [2.05, 4.69) is 21.4 Å². The van der Waals surface area contributed by atoms with Crippen molar-refractivity contribution in [2.45, 2.75) is 25.5 Å². The van der Waals surface area contributed by atoms with Crippen LogP contribution >= 0.6 is 0 Å². The number of nitrogens with zero attached hydrogens (tertiary/aromatic N) is 3. The summed E-state index contributed by atoms with van der Waals surface area (Å²) in [6.07, 6.45) is 4.19. The van der Waals surface area contributed by atoms with Gasteiger partial charge in [0.1, 0.15) is 18.0 Å². The molecule has 0 unspecified atom stereocenters. The smallest absolute Gasteiger partial charge is 0.212 e. The first kappa shape index (κ1) is 15.3. The van der Waals surface area contributed by atoms with Gasteiger partial charge in [-0.05, 0) is 31.0 Å². The average Bonchev–Trinajstić information content (AvgIpc) is 3.03. The molecule has 0 saturated carbocycles. The highest BCUT2D eigenvalue weighted by molar-refractivity contribution is 5.56. The molecular weight excluding hydrogens is 292 g/mol. The average molecular weight is 310 g/mol. The van der Waals surface area contributed by atoms with Gasteiger partial charge < -0.3 is 14.8 Å². The van der Waals surface area contributed by atoms with E-state index in [1.54, 1.807) is 19.5 Å². The number of rotatable bonds is 4. The molecule has 1 N–H and O–H groups in total. The molecule has 118 valence electrons. The molecule has 0 radical (unpaired) electrons. The van der Waals surface area contributed by atoms with Gasteiger partial charge in [0.25, 0.3) is 0 Å². The number of aryl methyl sites for hydroxylation is 1. The Kier molecular flexibility index (Phi) is 4.40. The zero-order valence-corrected chi connectivity index (χ0v) is 13.1. The first-order chi connectivity index (χ1) is 11.2. The van der Waals surface area contributed by atoms with E-state index in [1.165, 1.54) is 0 Å². The third kappa shape index (κ3) is 3.10. The maximum atomic E-state index is 9.33. The van der Waals surface area contributed by atoms with Crippen molar-refractivity contribution in [2.75, 3.05) is 19.0 Å². The minimum atomic E-state index is -0.123. The van der Waals surface area contributed by atoms with Gasteiger partial charge >= 0.3 is 0 Å². The third-order valence-electron chi connectivity index (χ3n) is 3.98. The zero-order valence-electron chi connectivity index (χ0n) is 13.1. The monoisotopic (exact) mass is 310 g/mol. The van der Waals surface area contributed by atoms with Crippen LogP contribution in [0.1, 0.15) is 29.2 Å². The fraction of sp³-hybridized carbons (Fsp3) is 0.353. The summed E-state index contributed by atoms with van der Waals surface area (Å²) in [5, 5.41) is 12.7. The van der Waals surface area contributed by atoms with Crippen LogP contribution in [-0.2, 0) is 4.74 Å². The predicted molar refractivity (Wildman–Crippen MR) is 85.2 cm³/mol. The number of hydrogen-bond donors (Lipinski definition) is 1. The Morgan fingerprint density at radius 2 is 2.22 bits per heavy atom. The molecule has 2 aromatic heterocycles. The van der Waals surface area contributed by atoms with Crippen LogP contribution in [0.15, 0.2) is 30.6 Å². The van der Waals surface area contributed by atoms with E-state index in [-0.39, 0.29) is 12.1 Å². The van der Waals surface area contributed by atoms with E-state index in [1.807, 2.05) is 25.1 Å². The molecular formula is C17H18N4O2. The van der Waals surface area contributed by atoms with Crippen molar-refractivity contribution < 1.29 is 9.47 Å². The van der Waals surface area contributed by atoms with Crippen LogP contribution in [0.3, 0.4) is 0 Å². The van der Waals surface area contributed by atoms with Crippen LogP contribution in [-0.4, -0.2) is 29.7 Å². The molecule has 2 aromatic rings. The summed E-state index contributed by atoms with van der Waals surface area (Å²) in [4.78, 5) is 8.54. The van der Waals surface area contributed by atoms with Gasteiger partial charge in [0, 0.05) is 30.6 Å². The number of ether oxygens (including phenoxy) is 2. The Morgan fingerprint density at radius 1 is 1.35 bits per heavy atom. The molecule has 1 fully saturated rings. The number of nitriles is 1. The summed E-state index contributed by atoms with van der Waals surface area (Å²) in [6, 6.07) is 7.86. The highest BCUT2D eigenvalue weighted by atomic mass is 16.5. The number of pyridine rings is 2. The second-order valence-electron chi connectivity index (χ2n) is 5.43. The van der Waals surface area contributed by atoms with Crippen LogP contribution in [0.4, 0.5) is 5.82 Å². The molecule has 1 aliphatic rings. The van der Waals surface area contributed by atoms with Gasteiger partial charge in [0.2, 0.25) is 5.88 Å². The highest BCUT2D eigenvalue weighted by Gasteiger charge is 2.30. The van der Waals surface area contributed by atoms with Crippen LogP contribution in [0.5, 0.6) is 5.88 Å². The topological polar surface area (TPSA) is 80.1 Å². The number of anilines is 1. The Bertz CT molecular complexity index is 724. The lowest BCUT2D eigenvalue weighted by molar-refractivity contribution is 0.107. The SMILES string of the molecule is COc1ccc([C@H]2OCC[C@@H]2Nc2nccc(C)c2C#N)cn1. The molecule has 6 nitrogen and oxygen atoms in total. The summed E-state index contributed by atoms with van der Waals surface area (Å²) in [7, 11) is 1.59. The minimum Gasteiger partial charge on any atom is -0.481 e. The maximum Gasteiger partial charge on any atom is 0.212 e. The lowest BCUT2D eigenvalue weighted by atomic mass is 10.0. The first-order valence-corrected chi connectivity index (χ1v) is 7.46. The van der Waals surface area contributed by atoms with Crippen molar-refractivity contribution in [1.29, 1.82) is 5.26 Å². The zero-order chi connectivity index (χ0) is 16.2. The van der Waals surface area contributed by atoms with Crippen LogP contribution in [0.25, 0.3) is 0 Å².